The van der Waals surface area contributed by atoms with Gasteiger partial charge in [0, 0.05) is 19.2 Å². The molecule has 0 aromatic heterocycles. The Morgan fingerprint density at radius 1 is 1.08 bits per heavy atom. The van der Waals surface area contributed by atoms with E-state index in [0.29, 0.717) is 19.0 Å². The fourth-order valence-corrected chi connectivity index (χ4v) is 2.29. The summed E-state index contributed by atoms with van der Waals surface area (Å²) >= 11 is 0. The molecule has 142 valence electrons. The van der Waals surface area contributed by atoms with Gasteiger partial charge >= 0.3 is 0 Å². The second-order valence-electron chi connectivity index (χ2n) is 5.48. The maximum atomic E-state index is 13.6. The van der Waals surface area contributed by atoms with E-state index >= 15 is 0 Å². The van der Waals surface area contributed by atoms with Crippen molar-refractivity contribution in [2.75, 3.05) is 20.7 Å². The first-order chi connectivity index (χ1) is 12.1. The molecule has 0 bridgehead atoms. The number of para-hydroxylation sites is 2. The molecule has 1 unspecified atom stereocenters. The van der Waals surface area contributed by atoms with Crippen LogP contribution in [0.5, 0.6) is 11.5 Å². The monoisotopic (exact) mass is 473 g/mol. The van der Waals surface area contributed by atoms with Crippen LogP contribution in [-0.4, -0.2) is 32.8 Å². The Morgan fingerprint density at radius 2 is 1.73 bits per heavy atom. The summed E-state index contributed by atoms with van der Waals surface area (Å²) in [4.78, 5) is 4.18. The van der Waals surface area contributed by atoms with Gasteiger partial charge in [0.1, 0.15) is 11.9 Å². The summed E-state index contributed by atoms with van der Waals surface area (Å²) in [6, 6.07) is 14.2. The number of aliphatic imine (C=N–C) groups is 1. The quantitative estimate of drug-likeness (QED) is 0.367. The van der Waals surface area contributed by atoms with Crippen LogP contribution in [0.1, 0.15) is 12.5 Å². The Balaban J connectivity index is 0.00000338. The van der Waals surface area contributed by atoms with Crippen LogP contribution in [0.4, 0.5) is 4.39 Å². The number of nitrogens with zero attached hydrogens (tertiary/aromatic N) is 1. The summed E-state index contributed by atoms with van der Waals surface area (Å²) in [7, 11) is 3.34. The van der Waals surface area contributed by atoms with Gasteiger partial charge in [-0.25, -0.2) is 4.39 Å². The van der Waals surface area contributed by atoms with Crippen LogP contribution in [0.3, 0.4) is 0 Å². The molecular weight excluding hydrogens is 448 g/mol. The molecule has 0 spiro atoms. The Morgan fingerprint density at radius 3 is 2.38 bits per heavy atom. The van der Waals surface area contributed by atoms with Gasteiger partial charge in [-0.2, -0.15) is 0 Å². The standard InChI is InChI=1S/C19H24FN3O2.HI/c1-14(25-18-11-7-5-9-16(18)20)12-22-19(21-2)23-13-15-8-4-6-10-17(15)24-3;/h4-11,14H,12-13H2,1-3H3,(H2,21,22,23);1H. The van der Waals surface area contributed by atoms with Gasteiger partial charge in [-0.05, 0) is 25.1 Å². The van der Waals surface area contributed by atoms with Gasteiger partial charge < -0.3 is 20.1 Å². The molecule has 7 heteroatoms. The lowest BCUT2D eigenvalue weighted by Gasteiger charge is -2.18. The molecule has 0 aliphatic carbocycles. The highest BCUT2D eigenvalue weighted by Crippen LogP contribution is 2.17. The summed E-state index contributed by atoms with van der Waals surface area (Å²) < 4.78 is 24.5. The summed E-state index contributed by atoms with van der Waals surface area (Å²) in [5.74, 6) is 1.33. The van der Waals surface area contributed by atoms with Crippen molar-refractivity contribution in [2.45, 2.75) is 19.6 Å². The summed E-state index contributed by atoms with van der Waals surface area (Å²) in [5, 5.41) is 6.39. The smallest absolute Gasteiger partial charge is 0.191 e. The number of halogens is 2. The first-order valence-electron chi connectivity index (χ1n) is 8.11. The first kappa shape index (κ1) is 22.0. The first-order valence-corrected chi connectivity index (χ1v) is 8.11. The van der Waals surface area contributed by atoms with E-state index in [4.69, 9.17) is 9.47 Å². The largest absolute Gasteiger partial charge is 0.496 e. The fraction of sp³-hybridized carbons (Fsp3) is 0.316. The molecule has 1 atom stereocenters. The van der Waals surface area contributed by atoms with Gasteiger partial charge in [-0.15, -0.1) is 24.0 Å². The lowest BCUT2D eigenvalue weighted by atomic mass is 10.2. The predicted molar refractivity (Wildman–Crippen MR) is 113 cm³/mol. The molecule has 0 radical (unpaired) electrons. The topological polar surface area (TPSA) is 54.9 Å². The molecule has 2 N–H and O–H groups in total. The number of hydrogen-bond acceptors (Lipinski definition) is 3. The number of guanidine groups is 1. The third-order valence-corrected chi connectivity index (χ3v) is 3.58. The molecule has 0 aliphatic rings. The van der Waals surface area contributed by atoms with Crippen LogP contribution in [0.15, 0.2) is 53.5 Å². The number of methoxy groups -OCH3 is 1. The van der Waals surface area contributed by atoms with E-state index < -0.39 is 0 Å². The zero-order valence-electron chi connectivity index (χ0n) is 15.2. The number of hydrogen-bond donors (Lipinski definition) is 2. The summed E-state index contributed by atoms with van der Waals surface area (Å²) in [5.41, 5.74) is 1.03. The Labute approximate surface area is 171 Å². The van der Waals surface area contributed by atoms with Crippen molar-refractivity contribution < 1.29 is 13.9 Å². The highest BCUT2D eigenvalue weighted by molar-refractivity contribution is 14.0. The molecule has 2 aromatic carbocycles. The number of rotatable bonds is 7. The number of ether oxygens (including phenoxy) is 2. The highest BCUT2D eigenvalue weighted by Gasteiger charge is 2.09. The summed E-state index contributed by atoms with van der Waals surface area (Å²) in [6.45, 7) is 2.93. The fourth-order valence-electron chi connectivity index (χ4n) is 2.29. The molecule has 0 saturated heterocycles. The third-order valence-electron chi connectivity index (χ3n) is 3.58. The minimum absolute atomic E-state index is 0. The third kappa shape index (κ3) is 6.70. The van der Waals surface area contributed by atoms with E-state index in [0.717, 1.165) is 11.3 Å². The minimum atomic E-state index is -0.368. The van der Waals surface area contributed by atoms with Crippen LogP contribution < -0.4 is 20.1 Å². The molecule has 26 heavy (non-hydrogen) atoms. The Hall–Kier alpha value is -2.03. The Bertz CT molecular complexity index is 713. The average molecular weight is 473 g/mol. The van der Waals surface area contributed by atoms with Crippen molar-refractivity contribution in [1.82, 2.24) is 10.6 Å². The van der Waals surface area contributed by atoms with Crippen LogP contribution in [0.2, 0.25) is 0 Å². The molecule has 0 amide bonds. The normalized spacial score (nSPS) is 11.9. The van der Waals surface area contributed by atoms with Gasteiger partial charge in [0.25, 0.3) is 0 Å². The molecule has 0 aliphatic heterocycles. The second kappa shape index (κ2) is 11.6. The minimum Gasteiger partial charge on any atom is -0.496 e. The van der Waals surface area contributed by atoms with E-state index in [2.05, 4.69) is 15.6 Å². The number of benzene rings is 2. The van der Waals surface area contributed by atoms with Gasteiger partial charge in [-0.3, -0.25) is 4.99 Å². The lowest BCUT2D eigenvalue weighted by molar-refractivity contribution is 0.214. The van der Waals surface area contributed by atoms with Crippen molar-refractivity contribution in [3.63, 3.8) is 0 Å². The Kier molecular flexibility index (Phi) is 9.79. The van der Waals surface area contributed by atoms with Crippen LogP contribution in [0.25, 0.3) is 0 Å². The molecular formula is C19H25FIN3O2. The van der Waals surface area contributed by atoms with E-state index in [1.807, 2.05) is 31.2 Å². The maximum absolute atomic E-state index is 13.6. The van der Waals surface area contributed by atoms with Crippen molar-refractivity contribution in [1.29, 1.82) is 0 Å². The van der Waals surface area contributed by atoms with Crippen LogP contribution >= 0.6 is 24.0 Å². The van der Waals surface area contributed by atoms with E-state index in [-0.39, 0.29) is 41.6 Å². The zero-order chi connectivity index (χ0) is 18.1. The van der Waals surface area contributed by atoms with Gasteiger partial charge in [-0.1, -0.05) is 30.3 Å². The summed E-state index contributed by atoms with van der Waals surface area (Å²) in [6.07, 6.45) is -0.221. The highest BCUT2D eigenvalue weighted by atomic mass is 127. The van der Waals surface area contributed by atoms with Crippen molar-refractivity contribution in [3.8, 4) is 11.5 Å². The lowest BCUT2D eigenvalue weighted by Crippen LogP contribution is -2.41. The molecule has 0 heterocycles. The molecule has 5 nitrogen and oxygen atoms in total. The average Bonchev–Trinajstić information content (AvgIpc) is 2.64. The van der Waals surface area contributed by atoms with Gasteiger partial charge in [0.2, 0.25) is 0 Å². The second-order valence-corrected chi connectivity index (χ2v) is 5.48. The predicted octanol–water partition coefficient (Wildman–Crippen LogP) is 3.58. The maximum Gasteiger partial charge on any atom is 0.191 e. The molecule has 2 aromatic rings. The number of nitrogens with one attached hydrogen (secondary N) is 2. The van der Waals surface area contributed by atoms with Crippen LogP contribution in [0, 0.1) is 5.82 Å². The molecule has 2 rings (SSSR count). The van der Waals surface area contributed by atoms with Gasteiger partial charge in [0.15, 0.2) is 17.5 Å². The SMILES string of the molecule is CN=C(NCc1ccccc1OC)NCC(C)Oc1ccccc1F.I. The van der Waals surface area contributed by atoms with E-state index in [1.54, 1.807) is 32.4 Å². The molecule has 0 saturated carbocycles. The van der Waals surface area contributed by atoms with Crippen LogP contribution in [-0.2, 0) is 6.54 Å². The zero-order valence-corrected chi connectivity index (χ0v) is 17.5. The van der Waals surface area contributed by atoms with Crippen molar-refractivity contribution in [2.24, 2.45) is 4.99 Å². The molecule has 0 fully saturated rings. The van der Waals surface area contributed by atoms with Crippen molar-refractivity contribution >= 4 is 29.9 Å². The van der Waals surface area contributed by atoms with E-state index in [9.17, 15) is 4.39 Å². The van der Waals surface area contributed by atoms with E-state index in [1.165, 1.54) is 6.07 Å². The van der Waals surface area contributed by atoms with Crippen molar-refractivity contribution in [3.05, 3.63) is 59.9 Å². The van der Waals surface area contributed by atoms with Gasteiger partial charge in [0.05, 0.1) is 13.7 Å².